The first kappa shape index (κ1) is 16.0. The van der Waals surface area contributed by atoms with E-state index in [1.54, 1.807) is 30.0 Å². The average molecular weight is 342 g/mol. The Bertz CT molecular complexity index is 649. The minimum Gasteiger partial charge on any atom is -0.482 e. The Hall–Kier alpha value is -1.36. The van der Waals surface area contributed by atoms with Gasteiger partial charge in [-0.05, 0) is 30.5 Å². The fourth-order valence-electron chi connectivity index (χ4n) is 1.67. The van der Waals surface area contributed by atoms with Crippen LogP contribution in [-0.4, -0.2) is 18.8 Å². The maximum atomic E-state index is 11.9. The van der Waals surface area contributed by atoms with E-state index in [-0.39, 0.29) is 12.5 Å². The van der Waals surface area contributed by atoms with Crippen LogP contribution in [0.2, 0.25) is 10.0 Å². The molecule has 0 heterocycles. The van der Waals surface area contributed by atoms with Gasteiger partial charge in [-0.3, -0.25) is 4.79 Å². The number of nitrogens with one attached hydrogen (secondary N) is 1. The molecule has 1 amide bonds. The van der Waals surface area contributed by atoms with Crippen molar-refractivity contribution in [3.63, 3.8) is 0 Å². The maximum absolute atomic E-state index is 11.9. The minimum absolute atomic E-state index is 0.136. The van der Waals surface area contributed by atoms with Crippen molar-refractivity contribution in [2.75, 3.05) is 18.2 Å². The molecule has 0 aliphatic carbocycles. The van der Waals surface area contributed by atoms with Crippen molar-refractivity contribution in [3.05, 3.63) is 52.5 Å². The average Bonchev–Trinajstić information content (AvgIpc) is 2.49. The second-order valence-corrected chi connectivity index (χ2v) is 5.72. The summed E-state index contributed by atoms with van der Waals surface area (Å²) in [5.41, 5.74) is 0.760. The molecule has 110 valence electrons. The Morgan fingerprint density at radius 3 is 2.71 bits per heavy atom. The summed E-state index contributed by atoms with van der Waals surface area (Å²) in [6, 6.07) is 12.6. The van der Waals surface area contributed by atoms with Gasteiger partial charge in [-0.25, -0.2) is 0 Å². The van der Waals surface area contributed by atoms with Crippen molar-refractivity contribution in [1.29, 1.82) is 0 Å². The molecule has 0 saturated carbocycles. The quantitative estimate of drug-likeness (QED) is 0.798. The SMILES string of the molecule is CSc1ccccc1NC(=O)COc1cccc(Cl)c1Cl. The molecule has 0 bridgehead atoms. The summed E-state index contributed by atoms with van der Waals surface area (Å²) in [5, 5.41) is 3.50. The van der Waals surface area contributed by atoms with Gasteiger partial charge in [0.25, 0.3) is 5.91 Å². The van der Waals surface area contributed by atoms with Gasteiger partial charge in [0.15, 0.2) is 6.61 Å². The molecule has 0 radical (unpaired) electrons. The predicted molar refractivity (Wildman–Crippen MR) is 88.8 cm³/mol. The van der Waals surface area contributed by atoms with Crippen molar-refractivity contribution < 1.29 is 9.53 Å². The second kappa shape index (κ2) is 7.59. The molecule has 0 fully saturated rings. The number of hydrogen-bond donors (Lipinski definition) is 1. The summed E-state index contributed by atoms with van der Waals surface area (Å²) < 4.78 is 5.39. The number of benzene rings is 2. The van der Waals surface area contributed by atoms with Gasteiger partial charge in [-0.1, -0.05) is 41.4 Å². The number of para-hydroxylation sites is 1. The number of halogens is 2. The van der Waals surface area contributed by atoms with Gasteiger partial charge < -0.3 is 10.1 Å². The van der Waals surface area contributed by atoms with Gasteiger partial charge in [0.1, 0.15) is 10.8 Å². The number of amides is 1. The van der Waals surface area contributed by atoms with E-state index in [9.17, 15) is 4.79 Å². The van der Waals surface area contributed by atoms with Gasteiger partial charge in [0.2, 0.25) is 0 Å². The highest BCUT2D eigenvalue weighted by atomic mass is 35.5. The van der Waals surface area contributed by atoms with E-state index in [2.05, 4.69) is 5.32 Å². The maximum Gasteiger partial charge on any atom is 0.262 e. The summed E-state index contributed by atoms with van der Waals surface area (Å²) >= 11 is 13.4. The van der Waals surface area contributed by atoms with Gasteiger partial charge >= 0.3 is 0 Å². The molecular weight excluding hydrogens is 329 g/mol. The smallest absolute Gasteiger partial charge is 0.262 e. The number of rotatable bonds is 5. The van der Waals surface area contributed by atoms with Crippen molar-refractivity contribution in [1.82, 2.24) is 0 Å². The lowest BCUT2D eigenvalue weighted by Gasteiger charge is -2.11. The lowest BCUT2D eigenvalue weighted by molar-refractivity contribution is -0.118. The zero-order valence-electron chi connectivity index (χ0n) is 11.2. The van der Waals surface area contributed by atoms with E-state index in [0.717, 1.165) is 10.6 Å². The van der Waals surface area contributed by atoms with Gasteiger partial charge in [0.05, 0.1) is 10.7 Å². The third-order valence-electron chi connectivity index (χ3n) is 2.66. The Labute approximate surface area is 137 Å². The second-order valence-electron chi connectivity index (χ2n) is 4.09. The lowest BCUT2D eigenvalue weighted by Crippen LogP contribution is -2.20. The Kier molecular flexibility index (Phi) is 5.79. The number of carbonyl (C=O) groups is 1. The van der Waals surface area contributed by atoms with Crippen LogP contribution in [0.5, 0.6) is 5.75 Å². The normalized spacial score (nSPS) is 10.2. The first-order valence-electron chi connectivity index (χ1n) is 6.11. The largest absolute Gasteiger partial charge is 0.482 e. The van der Waals surface area contributed by atoms with E-state index in [1.807, 2.05) is 30.5 Å². The van der Waals surface area contributed by atoms with E-state index in [1.165, 1.54) is 0 Å². The molecule has 0 saturated heterocycles. The van der Waals surface area contributed by atoms with E-state index in [0.29, 0.717) is 15.8 Å². The van der Waals surface area contributed by atoms with Gasteiger partial charge in [-0.15, -0.1) is 11.8 Å². The number of hydrogen-bond acceptors (Lipinski definition) is 3. The minimum atomic E-state index is -0.257. The molecule has 0 aromatic heterocycles. The molecule has 2 aromatic rings. The van der Waals surface area contributed by atoms with Gasteiger partial charge in [0, 0.05) is 4.90 Å². The molecule has 1 N–H and O–H groups in total. The Balaban J connectivity index is 1.98. The summed E-state index contributed by atoms with van der Waals surface area (Å²) in [7, 11) is 0. The van der Waals surface area contributed by atoms with Crippen LogP contribution >= 0.6 is 35.0 Å². The number of carbonyl (C=O) groups excluding carboxylic acids is 1. The van der Waals surface area contributed by atoms with Crippen molar-refractivity contribution in [2.45, 2.75) is 4.90 Å². The van der Waals surface area contributed by atoms with Crippen LogP contribution in [0.3, 0.4) is 0 Å². The molecule has 2 rings (SSSR count). The Morgan fingerprint density at radius 2 is 1.95 bits per heavy atom. The van der Waals surface area contributed by atoms with Crippen molar-refractivity contribution >= 4 is 46.6 Å². The fourth-order valence-corrected chi connectivity index (χ4v) is 2.57. The van der Waals surface area contributed by atoms with Crippen molar-refractivity contribution in [3.8, 4) is 5.75 Å². The van der Waals surface area contributed by atoms with Gasteiger partial charge in [-0.2, -0.15) is 0 Å². The van der Waals surface area contributed by atoms with Crippen LogP contribution < -0.4 is 10.1 Å². The third-order valence-corrected chi connectivity index (χ3v) is 4.25. The van der Waals surface area contributed by atoms with E-state index < -0.39 is 0 Å². The molecule has 0 spiro atoms. The van der Waals surface area contributed by atoms with Crippen LogP contribution in [0.15, 0.2) is 47.4 Å². The third kappa shape index (κ3) is 4.30. The predicted octanol–water partition coefficient (Wildman–Crippen LogP) is 4.73. The lowest BCUT2D eigenvalue weighted by atomic mass is 10.3. The summed E-state index contributed by atoms with van der Waals surface area (Å²) in [4.78, 5) is 12.9. The summed E-state index contributed by atoms with van der Waals surface area (Å²) in [6.07, 6.45) is 1.95. The van der Waals surface area contributed by atoms with Crippen LogP contribution in [0.25, 0.3) is 0 Å². The van der Waals surface area contributed by atoms with E-state index in [4.69, 9.17) is 27.9 Å². The van der Waals surface area contributed by atoms with Crippen molar-refractivity contribution in [2.24, 2.45) is 0 Å². The molecule has 3 nitrogen and oxygen atoms in total. The molecule has 2 aromatic carbocycles. The summed E-state index contributed by atoms with van der Waals surface area (Å²) in [6.45, 7) is -0.136. The molecule has 0 atom stereocenters. The Morgan fingerprint density at radius 1 is 1.19 bits per heavy atom. The first-order chi connectivity index (χ1) is 10.1. The fraction of sp³-hybridized carbons (Fsp3) is 0.133. The monoisotopic (exact) mass is 341 g/mol. The van der Waals surface area contributed by atoms with E-state index >= 15 is 0 Å². The van der Waals surface area contributed by atoms with Crippen LogP contribution in [0.4, 0.5) is 5.69 Å². The molecule has 0 aliphatic heterocycles. The summed E-state index contributed by atoms with van der Waals surface area (Å²) in [5.74, 6) is 0.130. The zero-order chi connectivity index (χ0) is 15.2. The zero-order valence-corrected chi connectivity index (χ0v) is 13.6. The topological polar surface area (TPSA) is 38.3 Å². The molecule has 0 aliphatic rings. The standard InChI is InChI=1S/C15H13Cl2NO2S/c1-21-13-8-3-2-6-11(13)18-14(19)9-20-12-7-4-5-10(16)15(12)17/h2-8H,9H2,1H3,(H,18,19). The number of ether oxygens (including phenoxy) is 1. The molecule has 0 unspecified atom stereocenters. The van der Waals surface area contributed by atoms with Crippen LogP contribution in [-0.2, 0) is 4.79 Å². The number of thioether (sulfide) groups is 1. The molecular formula is C15H13Cl2NO2S. The van der Waals surface area contributed by atoms with Crippen LogP contribution in [0.1, 0.15) is 0 Å². The molecule has 21 heavy (non-hydrogen) atoms. The highest BCUT2D eigenvalue weighted by molar-refractivity contribution is 7.98. The van der Waals surface area contributed by atoms with Crippen LogP contribution in [0, 0.1) is 0 Å². The first-order valence-corrected chi connectivity index (χ1v) is 8.09. The highest BCUT2D eigenvalue weighted by Crippen LogP contribution is 2.31. The number of anilines is 1. The highest BCUT2D eigenvalue weighted by Gasteiger charge is 2.09. The molecule has 6 heteroatoms.